The van der Waals surface area contributed by atoms with Gasteiger partial charge in [0.15, 0.2) is 0 Å². The third kappa shape index (κ3) is 2.76. The van der Waals surface area contributed by atoms with Gasteiger partial charge in [-0.1, -0.05) is 0 Å². The number of aromatic nitrogens is 2. The lowest BCUT2D eigenvalue weighted by Gasteiger charge is -2.07. The third-order valence-electron chi connectivity index (χ3n) is 2.57. The first-order valence-corrected chi connectivity index (χ1v) is 5.56. The van der Waals surface area contributed by atoms with Crippen molar-refractivity contribution in [2.45, 2.75) is 0 Å². The first-order valence-electron chi connectivity index (χ1n) is 5.56. The topological polar surface area (TPSA) is 104 Å². The monoisotopic (exact) mass is 293 g/mol. The van der Waals surface area contributed by atoms with Crippen LogP contribution in [0.2, 0.25) is 0 Å². The lowest BCUT2D eigenvalue weighted by atomic mass is 10.2. The van der Waals surface area contributed by atoms with Gasteiger partial charge in [-0.2, -0.15) is 5.10 Å². The van der Waals surface area contributed by atoms with Gasteiger partial charge in [0.05, 0.1) is 12.0 Å². The zero-order valence-corrected chi connectivity index (χ0v) is 10.6. The molecule has 108 valence electrons. The summed E-state index contributed by atoms with van der Waals surface area (Å²) in [6, 6.07) is 3.80. The van der Waals surface area contributed by atoms with E-state index in [9.17, 15) is 24.1 Å². The average molecular weight is 293 g/mol. The number of hydrogen-bond acceptors (Lipinski definition) is 6. The van der Waals surface area contributed by atoms with Gasteiger partial charge in [-0.3, -0.25) is 14.9 Å². The van der Waals surface area contributed by atoms with Gasteiger partial charge in [0.2, 0.25) is 11.1 Å². The second-order valence-electron chi connectivity index (χ2n) is 3.86. The lowest BCUT2D eigenvalue weighted by Crippen LogP contribution is -2.21. The standard InChI is InChI=1S/C12H8FN3O5/c1-21-12(18)11-10(17)4-5-15(14-11)9-6-7(16(19)20)2-3-8(9)13/h2-6H,1H3. The summed E-state index contributed by atoms with van der Waals surface area (Å²) in [7, 11) is 1.06. The molecule has 0 aliphatic carbocycles. The van der Waals surface area contributed by atoms with Crippen molar-refractivity contribution in [2.75, 3.05) is 7.11 Å². The SMILES string of the molecule is COC(=O)c1nn(-c2cc([N+](=O)[O-])ccc2F)ccc1=O. The van der Waals surface area contributed by atoms with Crippen molar-refractivity contribution >= 4 is 11.7 Å². The Bertz CT molecular complexity index is 787. The molecule has 0 amide bonds. The largest absolute Gasteiger partial charge is 0.464 e. The van der Waals surface area contributed by atoms with Crippen LogP contribution in [0.15, 0.2) is 35.3 Å². The minimum absolute atomic E-state index is 0.269. The maximum absolute atomic E-state index is 13.8. The Morgan fingerprint density at radius 1 is 1.43 bits per heavy atom. The van der Waals surface area contributed by atoms with Crippen molar-refractivity contribution in [3.8, 4) is 5.69 Å². The number of non-ortho nitro benzene ring substituents is 1. The Labute approximate surface area is 116 Å². The molecule has 21 heavy (non-hydrogen) atoms. The molecule has 9 heteroatoms. The summed E-state index contributed by atoms with van der Waals surface area (Å²) in [4.78, 5) is 32.9. The molecule has 0 bridgehead atoms. The Hall–Kier alpha value is -3.10. The summed E-state index contributed by atoms with van der Waals surface area (Å²) in [5, 5.41) is 14.3. The Balaban J connectivity index is 2.62. The summed E-state index contributed by atoms with van der Waals surface area (Å²) in [5.74, 6) is -1.78. The molecule has 0 unspecified atom stereocenters. The van der Waals surface area contributed by atoms with Crippen LogP contribution in [-0.2, 0) is 4.74 Å². The van der Waals surface area contributed by atoms with E-state index in [-0.39, 0.29) is 11.4 Å². The number of methoxy groups -OCH3 is 1. The maximum atomic E-state index is 13.8. The molecular weight excluding hydrogens is 285 g/mol. The molecule has 0 fully saturated rings. The minimum Gasteiger partial charge on any atom is -0.464 e. The number of nitrogens with zero attached hydrogens (tertiary/aromatic N) is 3. The predicted molar refractivity (Wildman–Crippen MR) is 67.8 cm³/mol. The fourth-order valence-corrected chi connectivity index (χ4v) is 1.57. The van der Waals surface area contributed by atoms with Crippen LogP contribution in [0.25, 0.3) is 5.69 Å². The fourth-order valence-electron chi connectivity index (χ4n) is 1.57. The van der Waals surface area contributed by atoms with E-state index in [4.69, 9.17) is 0 Å². The van der Waals surface area contributed by atoms with Crippen LogP contribution in [0.5, 0.6) is 0 Å². The molecule has 0 spiro atoms. The molecule has 0 saturated heterocycles. The summed E-state index contributed by atoms with van der Waals surface area (Å²) >= 11 is 0. The molecule has 0 aliphatic rings. The number of esters is 1. The average Bonchev–Trinajstić information content (AvgIpc) is 2.47. The molecule has 8 nitrogen and oxygen atoms in total. The molecule has 0 radical (unpaired) electrons. The van der Waals surface area contributed by atoms with Crippen molar-refractivity contribution in [1.82, 2.24) is 9.78 Å². The molecule has 1 aromatic heterocycles. The quantitative estimate of drug-likeness (QED) is 0.476. The van der Waals surface area contributed by atoms with Crippen molar-refractivity contribution in [2.24, 2.45) is 0 Å². The van der Waals surface area contributed by atoms with E-state index < -0.39 is 27.8 Å². The second-order valence-corrected chi connectivity index (χ2v) is 3.86. The van der Waals surface area contributed by atoms with E-state index in [2.05, 4.69) is 9.84 Å². The summed E-state index contributed by atoms with van der Waals surface area (Å²) in [5.41, 5.74) is -1.88. The van der Waals surface area contributed by atoms with Crippen LogP contribution in [0.3, 0.4) is 0 Å². The van der Waals surface area contributed by atoms with E-state index >= 15 is 0 Å². The number of ether oxygens (including phenoxy) is 1. The number of benzene rings is 1. The van der Waals surface area contributed by atoms with Crippen LogP contribution in [0, 0.1) is 15.9 Å². The zero-order chi connectivity index (χ0) is 15.6. The summed E-state index contributed by atoms with van der Waals surface area (Å²) < 4.78 is 19.0. The number of carbonyl (C=O) groups is 1. The van der Waals surface area contributed by atoms with Gasteiger partial charge in [-0.15, -0.1) is 0 Å². The zero-order valence-electron chi connectivity index (χ0n) is 10.6. The normalized spacial score (nSPS) is 10.2. The van der Waals surface area contributed by atoms with E-state index in [0.717, 1.165) is 42.3 Å². The number of rotatable bonds is 3. The van der Waals surface area contributed by atoms with Gasteiger partial charge in [0, 0.05) is 24.4 Å². The first kappa shape index (κ1) is 14.3. The van der Waals surface area contributed by atoms with Gasteiger partial charge >= 0.3 is 5.97 Å². The van der Waals surface area contributed by atoms with Crippen LogP contribution in [0.1, 0.15) is 10.5 Å². The molecule has 2 rings (SSSR count). The predicted octanol–water partition coefficient (Wildman–Crippen LogP) is 1.07. The van der Waals surface area contributed by atoms with Crippen molar-refractivity contribution in [3.05, 3.63) is 62.3 Å². The molecule has 0 aliphatic heterocycles. The van der Waals surface area contributed by atoms with Gasteiger partial charge in [-0.05, 0) is 6.07 Å². The second kappa shape index (κ2) is 5.49. The minimum atomic E-state index is -0.986. The van der Waals surface area contributed by atoms with Gasteiger partial charge in [0.1, 0.15) is 11.5 Å². The number of carbonyl (C=O) groups excluding carboxylic acids is 1. The molecule has 0 saturated carbocycles. The molecule has 0 atom stereocenters. The van der Waals surface area contributed by atoms with Crippen LogP contribution in [-0.4, -0.2) is 27.8 Å². The molecule has 1 aromatic carbocycles. The highest BCUT2D eigenvalue weighted by Crippen LogP contribution is 2.19. The van der Waals surface area contributed by atoms with E-state index in [1.807, 2.05) is 0 Å². The van der Waals surface area contributed by atoms with Crippen LogP contribution >= 0.6 is 0 Å². The number of hydrogen-bond donors (Lipinski definition) is 0. The van der Waals surface area contributed by atoms with Gasteiger partial charge < -0.3 is 4.74 Å². The highest BCUT2D eigenvalue weighted by molar-refractivity contribution is 5.86. The number of nitro benzene ring substituents is 1. The fraction of sp³-hybridized carbons (Fsp3) is 0.0833. The Morgan fingerprint density at radius 3 is 2.76 bits per heavy atom. The third-order valence-corrected chi connectivity index (χ3v) is 2.57. The maximum Gasteiger partial charge on any atom is 0.362 e. The Kier molecular flexibility index (Phi) is 3.74. The number of nitro groups is 1. The molecule has 0 N–H and O–H groups in total. The summed E-state index contributed by atoms with van der Waals surface area (Å²) in [6.45, 7) is 0. The smallest absolute Gasteiger partial charge is 0.362 e. The van der Waals surface area contributed by atoms with Crippen LogP contribution in [0.4, 0.5) is 10.1 Å². The van der Waals surface area contributed by atoms with E-state index in [0.29, 0.717) is 0 Å². The Morgan fingerprint density at radius 2 is 2.14 bits per heavy atom. The van der Waals surface area contributed by atoms with Crippen molar-refractivity contribution < 1.29 is 18.8 Å². The molecule has 2 aromatic rings. The molecule has 1 heterocycles. The highest BCUT2D eigenvalue weighted by Gasteiger charge is 2.16. The van der Waals surface area contributed by atoms with Crippen LogP contribution < -0.4 is 5.43 Å². The summed E-state index contributed by atoms with van der Waals surface area (Å²) in [6.07, 6.45) is 1.09. The van der Waals surface area contributed by atoms with Crippen molar-refractivity contribution in [3.63, 3.8) is 0 Å². The molecular formula is C12H8FN3O5. The van der Waals surface area contributed by atoms with Gasteiger partial charge in [0.25, 0.3) is 5.69 Å². The first-order chi connectivity index (χ1) is 9.93. The van der Waals surface area contributed by atoms with Gasteiger partial charge in [-0.25, -0.2) is 13.9 Å². The highest BCUT2D eigenvalue weighted by atomic mass is 19.1. The van der Waals surface area contributed by atoms with E-state index in [1.54, 1.807) is 0 Å². The van der Waals surface area contributed by atoms with Crippen molar-refractivity contribution in [1.29, 1.82) is 0 Å². The number of halogens is 1. The van der Waals surface area contributed by atoms with E-state index in [1.165, 1.54) is 0 Å². The lowest BCUT2D eigenvalue weighted by molar-refractivity contribution is -0.384.